The fraction of sp³-hybridized carbons (Fsp3) is 0.727. The van der Waals surface area contributed by atoms with Crippen LogP contribution >= 0.6 is 0 Å². The Bertz CT molecular complexity index is 375. The number of hydrogen-bond acceptors (Lipinski definition) is 1. The van der Waals surface area contributed by atoms with E-state index in [4.69, 9.17) is 0 Å². The largest absolute Gasteiger partial charge is 0.289 e. The number of fused-ring (bicyclic) bond motifs is 1. The quantitative estimate of drug-likeness (QED) is 0.739. The van der Waals surface area contributed by atoms with Crippen molar-refractivity contribution in [3.63, 3.8) is 0 Å². The summed E-state index contributed by atoms with van der Waals surface area (Å²) < 4.78 is 28.4. The first kappa shape index (κ1) is 10.6. The summed E-state index contributed by atoms with van der Waals surface area (Å²) in [5.74, 6) is -2.81. The van der Waals surface area contributed by atoms with Crippen LogP contribution in [-0.4, -0.2) is 9.78 Å². The number of hydrogen-bond donors (Lipinski definition) is 0. The lowest BCUT2D eigenvalue weighted by molar-refractivity contribution is 0.0111. The molecule has 1 aromatic rings. The number of aromatic nitrogens is 2. The topological polar surface area (TPSA) is 17.8 Å². The van der Waals surface area contributed by atoms with E-state index in [0.29, 0.717) is 0 Å². The molecule has 0 amide bonds. The van der Waals surface area contributed by atoms with Crippen LogP contribution < -0.4 is 0 Å². The third-order valence-corrected chi connectivity index (χ3v) is 2.86. The Morgan fingerprint density at radius 1 is 1.33 bits per heavy atom. The van der Waals surface area contributed by atoms with Gasteiger partial charge in [0.25, 0.3) is 5.92 Å². The van der Waals surface area contributed by atoms with Gasteiger partial charge in [-0.1, -0.05) is 0 Å². The van der Waals surface area contributed by atoms with Crippen molar-refractivity contribution in [2.75, 3.05) is 0 Å². The van der Waals surface area contributed by atoms with Gasteiger partial charge >= 0.3 is 0 Å². The van der Waals surface area contributed by atoms with Crippen molar-refractivity contribution in [3.05, 3.63) is 17.0 Å². The van der Waals surface area contributed by atoms with Gasteiger partial charge in [0.2, 0.25) is 0 Å². The molecule has 15 heavy (non-hydrogen) atoms. The first-order valence-electron chi connectivity index (χ1n) is 5.40. The van der Waals surface area contributed by atoms with Gasteiger partial charge in [0.15, 0.2) is 0 Å². The van der Waals surface area contributed by atoms with Gasteiger partial charge in [-0.25, -0.2) is 0 Å². The lowest BCUT2D eigenvalue weighted by Crippen LogP contribution is -2.12. The summed E-state index contributed by atoms with van der Waals surface area (Å²) in [6.45, 7) is 4.88. The molecule has 2 nitrogen and oxygen atoms in total. The monoisotopic (exact) mass is 214 g/mol. The zero-order valence-corrected chi connectivity index (χ0v) is 9.35. The van der Waals surface area contributed by atoms with Crippen LogP contribution in [0.25, 0.3) is 0 Å². The van der Waals surface area contributed by atoms with Gasteiger partial charge in [-0.05, 0) is 33.1 Å². The third kappa shape index (κ3) is 1.66. The number of halogens is 2. The molecule has 0 N–H and O–H groups in total. The van der Waals surface area contributed by atoms with E-state index in [1.165, 1.54) is 0 Å². The summed E-state index contributed by atoms with van der Waals surface area (Å²) >= 11 is 0. The van der Waals surface area contributed by atoms with E-state index in [1.807, 2.05) is 13.8 Å². The molecular formula is C11H16F2N2. The molecule has 0 aromatic carbocycles. The maximum atomic E-state index is 13.3. The highest BCUT2D eigenvalue weighted by Crippen LogP contribution is 2.36. The molecular weight excluding hydrogens is 198 g/mol. The Labute approximate surface area is 88.3 Å². The van der Waals surface area contributed by atoms with Gasteiger partial charge < -0.3 is 0 Å². The van der Waals surface area contributed by atoms with Crippen LogP contribution in [0.15, 0.2) is 0 Å². The summed E-state index contributed by atoms with van der Waals surface area (Å²) in [5.41, 5.74) is 1.79. The second-order valence-corrected chi connectivity index (χ2v) is 4.55. The second kappa shape index (κ2) is 3.29. The highest BCUT2D eigenvalue weighted by Gasteiger charge is 2.35. The van der Waals surface area contributed by atoms with Crippen molar-refractivity contribution in [2.24, 2.45) is 0 Å². The Kier molecular flexibility index (Phi) is 2.32. The molecule has 1 heterocycles. The SMILES string of the molecule is CC(C)n1nc(C(C)(F)F)c2c1CCC2. The lowest BCUT2D eigenvalue weighted by atomic mass is 10.1. The third-order valence-electron chi connectivity index (χ3n) is 2.86. The molecule has 2 rings (SSSR count). The van der Waals surface area contributed by atoms with Gasteiger partial charge in [0.1, 0.15) is 5.69 Å². The first-order chi connectivity index (χ1) is 6.91. The zero-order valence-electron chi connectivity index (χ0n) is 9.35. The van der Waals surface area contributed by atoms with Crippen molar-refractivity contribution >= 4 is 0 Å². The minimum absolute atomic E-state index is 0.0105. The van der Waals surface area contributed by atoms with Crippen LogP contribution in [-0.2, 0) is 18.8 Å². The van der Waals surface area contributed by atoms with Crippen LogP contribution in [0.4, 0.5) is 8.78 Å². The van der Waals surface area contributed by atoms with Crippen molar-refractivity contribution in [1.82, 2.24) is 9.78 Å². The van der Waals surface area contributed by atoms with E-state index < -0.39 is 5.92 Å². The molecule has 0 fully saturated rings. The highest BCUT2D eigenvalue weighted by atomic mass is 19.3. The molecule has 0 radical (unpaired) electrons. The predicted molar refractivity (Wildman–Crippen MR) is 54.2 cm³/mol. The van der Waals surface area contributed by atoms with E-state index in [1.54, 1.807) is 4.68 Å². The maximum Gasteiger partial charge on any atom is 0.289 e. The predicted octanol–water partition coefficient (Wildman–Crippen LogP) is 3.06. The molecule has 4 heteroatoms. The van der Waals surface area contributed by atoms with Crippen molar-refractivity contribution in [3.8, 4) is 0 Å². The molecule has 1 aliphatic rings. The average Bonchev–Trinajstić information content (AvgIpc) is 2.57. The van der Waals surface area contributed by atoms with E-state index in [2.05, 4.69) is 5.10 Å². The smallest absolute Gasteiger partial charge is 0.266 e. The fourth-order valence-electron chi connectivity index (χ4n) is 2.24. The molecule has 0 saturated carbocycles. The Morgan fingerprint density at radius 3 is 2.53 bits per heavy atom. The number of alkyl halides is 2. The summed E-state index contributed by atoms with van der Waals surface area (Å²) in [6, 6.07) is 0.160. The summed E-state index contributed by atoms with van der Waals surface area (Å²) in [6.07, 6.45) is 2.61. The van der Waals surface area contributed by atoms with E-state index in [-0.39, 0.29) is 11.7 Å². The van der Waals surface area contributed by atoms with Gasteiger partial charge in [-0.3, -0.25) is 4.68 Å². The Morgan fingerprint density at radius 2 is 2.00 bits per heavy atom. The van der Waals surface area contributed by atoms with Gasteiger partial charge in [0.05, 0.1) is 0 Å². The lowest BCUT2D eigenvalue weighted by Gasteiger charge is -2.10. The van der Waals surface area contributed by atoms with Crippen LogP contribution in [0.5, 0.6) is 0 Å². The maximum absolute atomic E-state index is 13.3. The molecule has 0 atom stereocenters. The first-order valence-corrected chi connectivity index (χ1v) is 5.40. The summed E-state index contributed by atoms with van der Waals surface area (Å²) in [5, 5.41) is 4.07. The normalized spacial score (nSPS) is 16.1. The Hall–Kier alpha value is -0.930. The van der Waals surface area contributed by atoms with Crippen LogP contribution in [0, 0.1) is 0 Å². The van der Waals surface area contributed by atoms with Gasteiger partial charge in [-0.15, -0.1) is 0 Å². The number of rotatable bonds is 2. The van der Waals surface area contributed by atoms with E-state index in [0.717, 1.165) is 37.4 Å². The van der Waals surface area contributed by atoms with E-state index in [9.17, 15) is 8.78 Å². The van der Waals surface area contributed by atoms with Crippen molar-refractivity contribution in [1.29, 1.82) is 0 Å². The molecule has 0 aliphatic heterocycles. The minimum Gasteiger partial charge on any atom is -0.266 e. The summed E-state index contributed by atoms with van der Waals surface area (Å²) in [7, 11) is 0. The zero-order chi connectivity index (χ0) is 11.2. The van der Waals surface area contributed by atoms with Crippen molar-refractivity contribution in [2.45, 2.75) is 52.0 Å². The standard InChI is InChI=1S/C11H16F2N2/c1-7(2)15-9-6-4-5-8(9)10(14-15)11(3,12)13/h7H,4-6H2,1-3H3. The Balaban J connectivity index is 2.54. The van der Waals surface area contributed by atoms with Crippen LogP contribution in [0.2, 0.25) is 0 Å². The minimum atomic E-state index is -2.81. The average molecular weight is 214 g/mol. The highest BCUT2D eigenvalue weighted by molar-refractivity contribution is 5.33. The second-order valence-electron chi connectivity index (χ2n) is 4.55. The molecule has 1 aromatic heterocycles. The molecule has 1 aliphatic carbocycles. The summed E-state index contributed by atoms with van der Waals surface area (Å²) in [4.78, 5) is 0. The van der Waals surface area contributed by atoms with Crippen LogP contribution in [0.3, 0.4) is 0 Å². The van der Waals surface area contributed by atoms with Crippen LogP contribution in [0.1, 0.15) is 50.2 Å². The van der Waals surface area contributed by atoms with Gasteiger partial charge in [-0.2, -0.15) is 13.9 Å². The number of nitrogens with zero attached hydrogens (tertiary/aromatic N) is 2. The molecule has 0 spiro atoms. The van der Waals surface area contributed by atoms with Gasteiger partial charge in [0, 0.05) is 24.2 Å². The molecule has 84 valence electrons. The van der Waals surface area contributed by atoms with Crippen molar-refractivity contribution < 1.29 is 8.78 Å². The molecule has 0 saturated heterocycles. The molecule has 0 bridgehead atoms. The molecule has 0 unspecified atom stereocenters. The fourth-order valence-corrected chi connectivity index (χ4v) is 2.24. The van der Waals surface area contributed by atoms with E-state index >= 15 is 0 Å².